The first kappa shape index (κ1) is 16.1. The average Bonchev–Trinajstić information content (AvgIpc) is 2.53. The Morgan fingerprint density at radius 3 is 2.95 bits per heavy atom. The number of nitrogens with one attached hydrogen (secondary N) is 1. The second-order valence-corrected chi connectivity index (χ2v) is 5.93. The van der Waals surface area contributed by atoms with E-state index < -0.39 is 0 Å². The van der Waals surface area contributed by atoms with Crippen molar-refractivity contribution in [1.29, 1.82) is 0 Å². The Morgan fingerprint density at radius 1 is 1.24 bits per heavy atom. The van der Waals surface area contributed by atoms with Crippen LogP contribution in [0.5, 0.6) is 5.75 Å². The molecule has 0 unspecified atom stereocenters. The standard InChI is InChI=1S/C16H22N2O2S/c1-20-15-5-2-4-13-6-7-14(18-16(13)15)12-17-8-11-21-10-3-9-19/h2,4-7,17,19H,3,8-12H2,1H3. The molecule has 2 rings (SSSR count). The van der Waals surface area contributed by atoms with E-state index in [0.717, 1.165) is 53.4 Å². The van der Waals surface area contributed by atoms with Crippen molar-refractivity contribution in [2.75, 3.05) is 31.8 Å². The fourth-order valence-corrected chi connectivity index (χ4v) is 2.88. The maximum atomic E-state index is 8.70. The Morgan fingerprint density at radius 2 is 2.14 bits per heavy atom. The van der Waals surface area contributed by atoms with Crippen LogP contribution in [0.3, 0.4) is 0 Å². The quantitative estimate of drug-likeness (QED) is 0.697. The van der Waals surface area contributed by atoms with Crippen LogP contribution in [0, 0.1) is 0 Å². The third-order valence-corrected chi connectivity index (χ3v) is 4.21. The van der Waals surface area contributed by atoms with Crippen molar-refractivity contribution >= 4 is 22.7 Å². The van der Waals surface area contributed by atoms with Gasteiger partial charge in [-0.25, -0.2) is 4.98 Å². The highest BCUT2D eigenvalue weighted by Gasteiger charge is 2.03. The molecule has 114 valence electrons. The summed E-state index contributed by atoms with van der Waals surface area (Å²) in [6, 6.07) is 10.1. The number of nitrogens with zero attached hydrogens (tertiary/aromatic N) is 1. The molecular formula is C16H22N2O2S. The van der Waals surface area contributed by atoms with Crippen LogP contribution in [-0.2, 0) is 6.54 Å². The van der Waals surface area contributed by atoms with Gasteiger partial charge in [0.15, 0.2) is 0 Å². The van der Waals surface area contributed by atoms with Crippen molar-refractivity contribution < 1.29 is 9.84 Å². The summed E-state index contributed by atoms with van der Waals surface area (Å²) in [5.74, 6) is 2.88. The second kappa shape index (κ2) is 8.87. The molecule has 0 saturated carbocycles. The molecule has 0 aliphatic heterocycles. The van der Waals surface area contributed by atoms with Gasteiger partial charge < -0.3 is 15.2 Å². The van der Waals surface area contributed by atoms with Gasteiger partial charge in [0, 0.05) is 30.8 Å². The molecule has 2 N–H and O–H groups in total. The normalized spacial score (nSPS) is 11.0. The minimum absolute atomic E-state index is 0.281. The van der Waals surface area contributed by atoms with Crippen LogP contribution in [0.25, 0.3) is 10.9 Å². The minimum Gasteiger partial charge on any atom is -0.494 e. The van der Waals surface area contributed by atoms with Gasteiger partial charge in [-0.2, -0.15) is 11.8 Å². The molecule has 1 aromatic carbocycles. The number of aliphatic hydroxyl groups is 1. The SMILES string of the molecule is COc1cccc2ccc(CNCCSCCCO)nc12. The lowest BCUT2D eigenvalue weighted by Gasteiger charge is -2.08. The molecule has 2 aromatic rings. The zero-order valence-corrected chi connectivity index (χ0v) is 13.2. The summed E-state index contributed by atoms with van der Waals surface area (Å²) in [5, 5.41) is 13.2. The number of aromatic nitrogens is 1. The number of para-hydroxylation sites is 1. The van der Waals surface area contributed by atoms with Gasteiger partial charge in [-0.3, -0.25) is 0 Å². The Hall–Kier alpha value is -1.30. The summed E-state index contributed by atoms with van der Waals surface area (Å²) in [6.07, 6.45) is 0.872. The Balaban J connectivity index is 1.85. The molecule has 0 atom stereocenters. The monoisotopic (exact) mass is 306 g/mol. The van der Waals surface area contributed by atoms with Gasteiger partial charge in [-0.05, 0) is 24.3 Å². The van der Waals surface area contributed by atoms with E-state index in [0.29, 0.717) is 0 Å². The molecule has 0 aliphatic carbocycles. The smallest absolute Gasteiger partial charge is 0.145 e. The van der Waals surface area contributed by atoms with E-state index in [1.165, 1.54) is 0 Å². The maximum absolute atomic E-state index is 8.70. The maximum Gasteiger partial charge on any atom is 0.145 e. The van der Waals surface area contributed by atoms with Crippen molar-refractivity contribution in [2.24, 2.45) is 0 Å². The molecule has 0 fully saturated rings. The summed E-state index contributed by atoms with van der Waals surface area (Å²) in [7, 11) is 1.67. The summed E-state index contributed by atoms with van der Waals surface area (Å²) in [6.45, 7) is 1.99. The Labute approximate surface area is 129 Å². The summed E-state index contributed by atoms with van der Waals surface area (Å²) in [5.41, 5.74) is 1.93. The number of thioether (sulfide) groups is 1. The highest BCUT2D eigenvalue weighted by molar-refractivity contribution is 7.99. The molecule has 21 heavy (non-hydrogen) atoms. The van der Waals surface area contributed by atoms with E-state index in [-0.39, 0.29) is 6.61 Å². The fourth-order valence-electron chi connectivity index (χ4n) is 2.05. The van der Waals surface area contributed by atoms with Gasteiger partial charge in [0.2, 0.25) is 0 Å². The number of hydrogen-bond acceptors (Lipinski definition) is 5. The number of benzene rings is 1. The number of methoxy groups -OCH3 is 1. The van der Waals surface area contributed by atoms with Crippen LogP contribution < -0.4 is 10.1 Å². The molecule has 0 saturated heterocycles. The van der Waals surface area contributed by atoms with E-state index in [2.05, 4.69) is 16.4 Å². The zero-order valence-electron chi connectivity index (χ0n) is 12.3. The molecular weight excluding hydrogens is 284 g/mol. The molecule has 5 heteroatoms. The number of ether oxygens (including phenoxy) is 1. The average molecular weight is 306 g/mol. The van der Waals surface area contributed by atoms with Crippen molar-refractivity contribution in [1.82, 2.24) is 10.3 Å². The van der Waals surface area contributed by atoms with Crippen LogP contribution in [0.15, 0.2) is 30.3 Å². The van der Waals surface area contributed by atoms with Gasteiger partial charge in [0.05, 0.1) is 12.8 Å². The lowest BCUT2D eigenvalue weighted by Crippen LogP contribution is -2.17. The minimum atomic E-state index is 0.281. The molecule has 1 aromatic heterocycles. The van der Waals surface area contributed by atoms with E-state index in [9.17, 15) is 0 Å². The predicted octanol–water partition coefficient (Wildman–Crippen LogP) is 2.45. The molecule has 0 spiro atoms. The number of rotatable bonds is 9. The topological polar surface area (TPSA) is 54.4 Å². The number of hydrogen-bond donors (Lipinski definition) is 2. The van der Waals surface area contributed by atoms with Gasteiger partial charge in [-0.15, -0.1) is 0 Å². The van der Waals surface area contributed by atoms with Crippen LogP contribution in [-0.4, -0.2) is 41.9 Å². The molecule has 0 aliphatic rings. The highest BCUT2D eigenvalue weighted by Crippen LogP contribution is 2.23. The van der Waals surface area contributed by atoms with E-state index in [1.54, 1.807) is 7.11 Å². The van der Waals surface area contributed by atoms with Crippen molar-refractivity contribution in [3.8, 4) is 5.75 Å². The first-order valence-electron chi connectivity index (χ1n) is 7.17. The van der Waals surface area contributed by atoms with Crippen molar-refractivity contribution in [2.45, 2.75) is 13.0 Å². The molecule has 0 amide bonds. The zero-order chi connectivity index (χ0) is 14.9. The number of fused-ring (bicyclic) bond motifs is 1. The third-order valence-electron chi connectivity index (χ3n) is 3.14. The summed E-state index contributed by atoms with van der Waals surface area (Å²) >= 11 is 1.86. The third kappa shape index (κ3) is 4.88. The lowest BCUT2D eigenvalue weighted by molar-refractivity contribution is 0.296. The highest BCUT2D eigenvalue weighted by atomic mass is 32.2. The van der Waals surface area contributed by atoms with Crippen LogP contribution in [0.4, 0.5) is 0 Å². The molecule has 4 nitrogen and oxygen atoms in total. The first-order chi connectivity index (χ1) is 10.3. The summed E-state index contributed by atoms with van der Waals surface area (Å²) in [4.78, 5) is 4.67. The first-order valence-corrected chi connectivity index (χ1v) is 8.32. The molecule has 0 bridgehead atoms. The lowest BCUT2D eigenvalue weighted by atomic mass is 10.2. The Kier molecular flexibility index (Phi) is 6.79. The molecule has 0 radical (unpaired) electrons. The summed E-state index contributed by atoms with van der Waals surface area (Å²) < 4.78 is 5.36. The number of aliphatic hydroxyl groups excluding tert-OH is 1. The van der Waals surface area contributed by atoms with Crippen LogP contribution >= 0.6 is 11.8 Å². The second-order valence-electron chi connectivity index (χ2n) is 4.70. The van der Waals surface area contributed by atoms with Gasteiger partial charge in [-0.1, -0.05) is 18.2 Å². The van der Waals surface area contributed by atoms with Crippen molar-refractivity contribution in [3.05, 3.63) is 36.0 Å². The van der Waals surface area contributed by atoms with E-state index in [4.69, 9.17) is 9.84 Å². The molecule has 1 heterocycles. The predicted molar refractivity (Wildman–Crippen MR) is 89.0 cm³/mol. The van der Waals surface area contributed by atoms with E-state index in [1.807, 2.05) is 36.0 Å². The van der Waals surface area contributed by atoms with Gasteiger partial charge in [0.25, 0.3) is 0 Å². The van der Waals surface area contributed by atoms with Gasteiger partial charge >= 0.3 is 0 Å². The Bertz CT molecular complexity index is 563. The van der Waals surface area contributed by atoms with Crippen molar-refractivity contribution in [3.63, 3.8) is 0 Å². The fraction of sp³-hybridized carbons (Fsp3) is 0.438. The largest absolute Gasteiger partial charge is 0.494 e. The number of pyridine rings is 1. The van der Waals surface area contributed by atoms with Crippen LogP contribution in [0.2, 0.25) is 0 Å². The van der Waals surface area contributed by atoms with Crippen LogP contribution in [0.1, 0.15) is 12.1 Å². The van der Waals surface area contributed by atoms with E-state index >= 15 is 0 Å². The van der Waals surface area contributed by atoms with Gasteiger partial charge in [0.1, 0.15) is 11.3 Å².